The molecular formula is C18H27N3O5S2. The number of benzene rings is 1. The highest BCUT2D eigenvalue weighted by atomic mass is 32.2. The number of nitrogens with one attached hydrogen (secondary N) is 1. The lowest BCUT2D eigenvalue weighted by Crippen LogP contribution is -2.53. The van der Waals surface area contributed by atoms with Crippen molar-refractivity contribution in [2.75, 3.05) is 53.6 Å². The highest BCUT2D eigenvalue weighted by Crippen LogP contribution is 2.31. The van der Waals surface area contributed by atoms with Crippen molar-refractivity contribution in [2.24, 2.45) is 0 Å². The molecule has 1 aromatic rings. The first-order chi connectivity index (χ1) is 13.5. The highest BCUT2D eigenvalue weighted by molar-refractivity contribution is 7.89. The zero-order chi connectivity index (χ0) is 20.1. The highest BCUT2D eigenvalue weighted by Gasteiger charge is 2.32. The van der Waals surface area contributed by atoms with E-state index in [1.165, 1.54) is 24.6 Å². The third-order valence-electron chi connectivity index (χ3n) is 5.02. The summed E-state index contributed by atoms with van der Waals surface area (Å²) in [4.78, 5) is 2.11. The van der Waals surface area contributed by atoms with E-state index >= 15 is 0 Å². The average molecular weight is 430 g/mol. The van der Waals surface area contributed by atoms with Crippen LogP contribution in [0, 0.1) is 0 Å². The Labute approximate surface area is 171 Å². The molecule has 1 atom stereocenters. The van der Waals surface area contributed by atoms with Gasteiger partial charge in [0.25, 0.3) is 0 Å². The summed E-state index contributed by atoms with van der Waals surface area (Å²) in [6.45, 7) is 3.27. The van der Waals surface area contributed by atoms with Crippen LogP contribution < -0.4 is 14.8 Å². The van der Waals surface area contributed by atoms with Crippen molar-refractivity contribution in [3.05, 3.63) is 18.2 Å². The molecule has 8 nitrogen and oxygen atoms in total. The fraction of sp³-hybridized carbons (Fsp3) is 0.611. The van der Waals surface area contributed by atoms with Crippen LogP contribution in [0.15, 0.2) is 23.1 Å². The lowest BCUT2D eigenvalue weighted by molar-refractivity contribution is 0.113. The monoisotopic (exact) mass is 429 g/mol. The quantitative estimate of drug-likeness (QED) is 0.673. The van der Waals surface area contributed by atoms with Crippen LogP contribution in [0.5, 0.6) is 11.5 Å². The predicted molar refractivity (Wildman–Crippen MR) is 109 cm³/mol. The van der Waals surface area contributed by atoms with Crippen LogP contribution in [0.3, 0.4) is 0 Å². The maximum Gasteiger partial charge on any atom is 0.247 e. The summed E-state index contributed by atoms with van der Waals surface area (Å²) in [5.41, 5.74) is 0. The molecule has 0 aromatic heterocycles. The van der Waals surface area contributed by atoms with Crippen molar-refractivity contribution in [3.63, 3.8) is 0 Å². The summed E-state index contributed by atoms with van der Waals surface area (Å²) in [6.07, 6.45) is 2.34. The van der Waals surface area contributed by atoms with Gasteiger partial charge in [0.1, 0.15) is 16.4 Å². The van der Waals surface area contributed by atoms with E-state index in [4.69, 9.17) is 26.4 Å². The normalized spacial score (nSPS) is 20.8. The summed E-state index contributed by atoms with van der Waals surface area (Å²) >= 11 is 5.46. The van der Waals surface area contributed by atoms with Crippen LogP contribution in [0.4, 0.5) is 0 Å². The molecule has 0 amide bonds. The summed E-state index contributed by atoms with van der Waals surface area (Å²) < 4.78 is 43.7. The third kappa shape index (κ3) is 4.68. The minimum Gasteiger partial charge on any atom is -0.497 e. The first-order valence-corrected chi connectivity index (χ1v) is 11.2. The van der Waals surface area contributed by atoms with Crippen LogP contribution >= 0.6 is 12.2 Å². The first kappa shape index (κ1) is 21.1. The molecule has 3 rings (SSSR count). The molecule has 10 heteroatoms. The molecule has 0 spiro atoms. The van der Waals surface area contributed by atoms with E-state index in [1.807, 2.05) is 4.90 Å². The number of nitrogens with zero attached hydrogens (tertiary/aromatic N) is 2. The Morgan fingerprint density at radius 3 is 2.61 bits per heavy atom. The summed E-state index contributed by atoms with van der Waals surface area (Å²) in [5, 5.41) is 3.89. The van der Waals surface area contributed by atoms with Crippen molar-refractivity contribution in [1.82, 2.24) is 14.5 Å². The molecule has 1 unspecified atom stereocenters. The second-order valence-corrected chi connectivity index (χ2v) is 9.02. The molecule has 2 aliphatic rings. The maximum absolute atomic E-state index is 13.1. The van der Waals surface area contributed by atoms with Crippen molar-refractivity contribution in [1.29, 1.82) is 0 Å². The Hall–Kier alpha value is -1.62. The predicted octanol–water partition coefficient (Wildman–Crippen LogP) is 1.06. The second kappa shape index (κ2) is 9.25. The van der Waals surface area contributed by atoms with E-state index in [1.54, 1.807) is 12.1 Å². The standard InChI is InChI=1S/C18H27N3O5S2/c1-24-14-5-6-16(25-2)17(12-14)28(22,23)21-9-7-20(8-10-21)18(27)19-13-15-4-3-11-26-15/h5-6,12,15H,3-4,7-11,13H2,1-2H3,(H,19,27). The minimum atomic E-state index is -3.69. The minimum absolute atomic E-state index is 0.113. The van der Waals surface area contributed by atoms with Crippen LogP contribution in [0.1, 0.15) is 12.8 Å². The number of rotatable bonds is 6. The van der Waals surface area contributed by atoms with Gasteiger partial charge in [-0.15, -0.1) is 0 Å². The van der Waals surface area contributed by atoms with Gasteiger partial charge in [-0.25, -0.2) is 8.42 Å². The summed E-state index contributed by atoms with van der Waals surface area (Å²) in [6, 6.07) is 4.77. The Morgan fingerprint density at radius 2 is 2.00 bits per heavy atom. The average Bonchev–Trinajstić information content (AvgIpc) is 3.25. The molecule has 0 bridgehead atoms. The lowest BCUT2D eigenvalue weighted by Gasteiger charge is -2.35. The second-order valence-electron chi connectivity index (χ2n) is 6.73. The Kier molecular flexibility index (Phi) is 6.97. The molecule has 1 aromatic carbocycles. The van der Waals surface area contributed by atoms with Gasteiger partial charge in [0.05, 0.1) is 20.3 Å². The van der Waals surface area contributed by atoms with Gasteiger partial charge < -0.3 is 24.4 Å². The fourth-order valence-electron chi connectivity index (χ4n) is 3.37. The number of thiocarbonyl (C=S) groups is 1. The molecule has 1 N–H and O–H groups in total. The van der Waals surface area contributed by atoms with Crippen molar-refractivity contribution >= 4 is 27.4 Å². The molecule has 2 saturated heterocycles. The number of methoxy groups -OCH3 is 2. The zero-order valence-corrected chi connectivity index (χ0v) is 17.9. The van der Waals surface area contributed by atoms with E-state index in [0.717, 1.165) is 19.4 Å². The van der Waals surface area contributed by atoms with E-state index in [9.17, 15) is 8.42 Å². The van der Waals surface area contributed by atoms with Crippen LogP contribution in [-0.2, 0) is 14.8 Å². The zero-order valence-electron chi connectivity index (χ0n) is 16.2. The fourth-order valence-corrected chi connectivity index (χ4v) is 5.23. The number of sulfonamides is 1. The molecule has 28 heavy (non-hydrogen) atoms. The number of piperazine rings is 1. The molecule has 0 radical (unpaired) electrons. The first-order valence-electron chi connectivity index (χ1n) is 9.32. The smallest absolute Gasteiger partial charge is 0.247 e. The van der Waals surface area contributed by atoms with Crippen molar-refractivity contribution in [3.8, 4) is 11.5 Å². The SMILES string of the molecule is COc1ccc(OC)c(S(=O)(=O)N2CCN(C(=S)NCC3CCCO3)CC2)c1. The van der Waals surface area contributed by atoms with Gasteiger partial charge in [-0.05, 0) is 37.2 Å². The molecule has 2 heterocycles. The van der Waals surface area contributed by atoms with Crippen molar-refractivity contribution in [2.45, 2.75) is 23.8 Å². The third-order valence-corrected chi connectivity index (χ3v) is 7.34. The summed E-state index contributed by atoms with van der Waals surface area (Å²) in [5.74, 6) is 0.773. The van der Waals surface area contributed by atoms with E-state index < -0.39 is 10.0 Å². The largest absolute Gasteiger partial charge is 0.497 e. The van der Waals surface area contributed by atoms with Crippen molar-refractivity contribution < 1.29 is 22.6 Å². The van der Waals surface area contributed by atoms with Gasteiger partial charge in [-0.2, -0.15) is 4.31 Å². The lowest BCUT2D eigenvalue weighted by atomic mass is 10.2. The van der Waals surface area contributed by atoms with Gasteiger partial charge in [-0.3, -0.25) is 0 Å². The van der Waals surface area contributed by atoms with Gasteiger partial charge in [0, 0.05) is 45.4 Å². The van der Waals surface area contributed by atoms with Gasteiger partial charge in [0.2, 0.25) is 10.0 Å². The molecular weight excluding hydrogens is 402 g/mol. The topological polar surface area (TPSA) is 80.3 Å². The van der Waals surface area contributed by atoms with Crippen LogP contribution in [0.2, 0.25) is 0 Å². The number of hydrogen-bond donors (Lipinski definition) is 1. The molecule has 0 aliphatic carbocycles. The summed E-state index contributed by atoms with van der Waals surface area (Å²) in [7, 11) is -0.737. The Morgan fingerprint density at radius 1 is 1.25 bits per heavy atom. The molecule has 0 saturated carbocycles. The van der Waals surface area contributed by atoms with E-state index in [2.05, 4.69) is 5.32 Å². The van der Waals surface area contributed by atoms with Crippen LogP contribution in [0.25, 0.3) is 0 Å². The Balaban J connectivity index is 1.61. The van der Waals surface area contributed by atoms with E-state index in [-0.39, 0.29) is 11.0 Å². The maximum atomic E-state index is 13.1. The molecule has 156 valence electrons. The molecule has 2 aliphatic heterocycles. The molecule has 2 fully saturated rings. The van der Waals surface area contributed by atoms with Gasteiger partial charge in [-0.1, -0.05) is 0 Å². The number of hydrogen-bond acceptors (Lipinski definition) is 6. The number of ether oxygens (including phenoxy) is 3. The van der Waals surface area contributed by atoms with Gasteiger partial charge >= 0.3 is 0 Å². The van der Waals surface area contributed by atoms with E-state index in [0.29, 0.717) is 49.3 Å². The van der Waals surface area contributed by atoms with Gasteiger partial charge in [0.15, 0.2) is 5.11 Å². The van der Waals surface area contributed by atoms with Crippen LogP contribution in [-0.4, -0.2) is 82.4 Å². The Bertz CT molecular complexity index is 788.